The van der Waals surface area contributed by atoms with E-state index < -0.39 is 12.1 Å². The Morgan fingerprint density at radius 3 is 1.38 bits per heavy atom. The third-order valence-electron chi connectivity index (χ3n) is 8.29. The van der Waals surface area contributed by atoms with Crippen LogP contribution in [0.3, 0.4) is 0 Å². The lowest BCUT2D eigenvalue weighted by molar-refractivity contribution is -0.153. The van der Waals surface area contributed by atoms with Crippen LogP contribution in [0.15, 0.2) is 48.6 Å². The molecule has 0 fully saturated rings. The van der Waals surface area contributed by atoms with E-state index in [1.807, 2.05) is 0 Å². The number of carboxylic acids is 1. The Morgan fingerprint density at radius 1 is 0.511 bits per heavy atom. The minimum absolute atomic E-state index is 0.0821. The fourth-order valence-electron chi connectivity index (χ4n) is 5.48. The monoisotopic (exact) mass is 629 g/mol. The second kappa shape index (κ2) is 36.4. The van der Waals surface area contributed by atoms with Gasteiger partial charge >= 0.3 is 11.9 Å². The number of hydrogen-bond donors (Lipinski definition) is 1. The summed E-state index contributed by atoms with van der Waals surface area (Å²) in [6.07, 6.45) is 48.4. The zero-order valence-electron chi connectivity index (χ0n) is 29.7. The maximum absolute atomic E-state index is 12.3. The average Bonchev–Trinajstić information content (AvgIpc) is 3.02. The summed E-state index contributed by atoms with van der Waals surface area (Å²) in [5, 5.41) is 9.24. The largest absolute Gasteiger partial charge is 0.481 e. The highest BCUT2D eigenvalue weighted by Gasteiger charge is 2.17. The van der Waals surface area contributed by atoms with Gasteiger partial charge in [-0.2, -0.15) is 0 Å². The molecule has 0 amide bonds. The van der Waals surface area contributed by atoms with E-state index >= 15 is 0 Å². The minimum atomic E-state index is -0.888. The van der Waals surface area contributed by atoms with E-state index in [4.69, 9.17) is 4.74 Å². The summed E-state index contributed by atoms with van der Waals surface area (Å²) >= 11 is 0. The van der Waals surface area contributed by atoms with E-state index in [0.29, 0.717) is 12.8 Å². The summed E-state index contributed by atoms with van der Waals surface area (Å²) < 4.78 is 5.56. The van der Waals surface area contributed by atoms with Crippen LogP contribution in [-0.2, 0) is 14.3 Å². The summed E-state index contributed by atoms with van der Waals surface area (Å²) in [7, 11) is 0. The number of ether oxygens (including phenoxy) is 1. The molecule has 1 N–H and O–H groups in total. The quantitative estimate of drug-likeness (QED) is 0.0437. The molecule has 4 heteroatoms. The zero-order chi connectivity index (χ0) is 32.9. The first-order chi connectivity index (χ1) is 22.1. The fraction of sp³-hybridized carbons (Fsp3) is 0.756. The lowest BCUT2D eigenvalue weighted by Gasteiger charge is -2.16. The molecule has 0 aromatic heterocycles. The van der Waals surface area contributed by atoms with Crippen molar-refractivity contribution in [2.75, 3.05) is 0 Å². The molecule has 260 valence electrons. The Labute approximate surface area is 279 Å². The van der Waals surface area contributed by atoms with Crippen molar-refractivity contribution in [3.05, 3.63) is 48.6 Å². The molecule has 1 atom stereocenters. The Hall–Kier alpha value is -2.10. The average molecular weight is 629 g/mol. The molecule has 0 aliphatic rings. The van der Waals surface area contributed by atoms with Crippen molar-refractivity contribution in [2.45, 2.75) is 200 Å². The molecule has 0 radical (unpaired) electrons. The number of aliphatic carboxylic acids is 1. The first-order valence-electron chi connectivity index (χ1n) is 19.1. The Kier molecular flexibility index (Phi) is 34.7. The Bertz CT molecular complexity index is 763. The van der Waals surface area contributed by atoms with E-state index in [1.165, 1.54) is 103 Å². The Morgan fingerprint density at radius 2 is 0.889 bits per heavy atom. The molecule has 0 aliphatic heterocycles. The zero-order valence-corrected chi connectivity index (χ0v) is 29.7. The second-order valence-electron chi connectivity index (χ2n) is 12.8. The maximum Gasteiger partial charge on any atom is 0.307 e. The van der Waals surface area contributed by atoms with Gasteiger partial charge in [-0.25, -0.2) is 0 Å². The molecule has 1 unspecified atom stereocenters. The highest BCUT2D eigenvalue weighted by atomic mass is 16.5. The molecule has 0 aromatic rings. The maximum atomic E-state index is 12.3. The number of carbonyl (C=O) groups excluding carboxylic acids is 1. The second-order valence-corrected chi connectivity index (χ2v) is 12.8. The van der Waals surface area contributed by atoms with Gasteiger partial charge in [-0.3, -0.25) is 9.59 Å². The van der Waals surface area contributed by atoms with Gasteiger partial charge < -0.3 is 9.84 Å². The van der Waals surface area contributed by atoms with Crippen LogP contribution in [0, 0.1) is 0 Å². The summed E-state index contributed by atoms with van der Waals surface area (Å²) in [6, 6.07) is 0. The van der Waals surface area contributed by atoms with Gasteiger partial charge in [0.05, 0.1) is 6.42 Å². The van der Waals surface area contributed by atoms with Crippen molar-refractivity contribution in [2.24, 2.45) is 0 Å². The summed E-state index contributed by atoms with van der Waals surface area (Å²) in [4.78, 5) is 23.6. The smallest absolute Gasteiger partial charge is 0.307 e. The molecule has 0 spiro atoms. The predicted molar refractivity (Wildman–Crippen MR) is 195 cm³/mol. The van der Waals surface area contributed by atoms with Gasteiger partial charge in [-0.15, -0.1) is 0 Å². The number of unbranched alkanes of at least 4 members (excludes halogenated alkanes) is 19. The van der Waals surface area contributed by atoms with Gasteiger partial charge in [-0.05, 0) is 64.2 Å². The highest BCUT2D eigenvalue weighted by Crippen LogP contribution is 2.16. The van der Waals surface area contributed by atoms with E-state index in [1.54, 1.807) is 0 Å². The molecular formula is C41H72O4. The standard InChI is InChI=1S/C41H72O4/c1-3-5-7-9-11-13-15-17-18-19-20-21-22-23-24-25-27-29-31-33-35-37-41(44)45-39(38-40(42)43)36-34-32-30-28-26-16-14-12-10-8-6-4-2/h11,13,17-18,20-21,23-24,39H,3-10,12,14-16,19,22,25-38H2,1-2H3,(H,42,43)/b13-11-,18-17-,21-20-,24-23-. The summed E-state index contributed by atoms with van der Waals surface area (Å²) in [6.45, 7) is 4.50. The number of carboxylic acid groups (broad SMARTS) is 1. The molecule has 0 aromatic carbocycles. The molecule has 45 heavy (non-hydrogen) atoms. The number of rotatable bonds is 34. The minimum Gasteiger partial charge on any atom is -0.481 e. The number of esters is 1. The lowest BCUT2D eigenvalue weighted by atomic mass is 10.0. The van der Waals surface area contributed by atoms with Crippen molar-refractivity contribution in [1.29, 1.82) is 0 Å². The molecular weight excluding hydrogens is 556 g/mol. The van der Waals surface area contributed by atoms with E-state index in [2.05, 4.69) is 62.5 Å². The van der Waals surface area contributed by atoms with E-state index in [-0.39, 0.29) is 12.4 Å². The van der Waals surface area contributed by atoms with Crippen LogP contribution >= 0.6 is 0 Å². The van der Waals surface area contributed by atoms with Gasteiger partial charge in [0.25, 0.3) is 0 Å². The van der Waals surface area contributed by atoms with Gasteiger partial charge in [0.2, 0.25) is 0 Å². The molecule has 0 heterocycles. The number of hydrogen-bond acceptors (Lipinski definition) is 3. The van der Waals surface area contributed by atoms with E-state index in [9.17, 15) is 14.7 Å². The van der Waals surface area contributed by atoms with Gasteiger partial charge in [0, 0.05) is 6.42 Å². The summed E-state index contributed by atoms with van der Waals surface area (Å²) in [5.41, 5.74) is 0. The van der Waals surface area contributed by atoms with Crippen LogP contribution in [0.1, 0.15) is 194 Å². The topological polar surface area (TPSA) is 63.6 Å². The number of allylic oxidation sites excluding steroid dienone is 8. The van der Waals surface area contributed by atoms with Gasteiger partial charge in [0.1, 0.15) is 6.10 Å². The highest BCUT2D eigenvalue weighted by molar-refractivity contribution is 5.71. The van der Waals surface area contributed by atoms with E-state index in [0.717, 1.165) is 57.8 Å². The first kappa shape index (κ1) is 42.9. The first-order valence-corrected chi connectivity index (χ1v) is 19.1. The van der Waals surface area contributed by atoms with Crippen LogP contribution in [-0.4, -0.2) is 23.1 Å². The van der Waals surface area contributed by atoms with Gasteiger partial charge in [-0.1, -0.05) is 165 Å². The molecule has 0 rings (SSSR count). The van der Waals surface area contributed by atoms with Gasteiger partial charge in [0.15, 0.2) is 0 Å². The third-order valence-corrected chi connectivity index (χ3v) is 8.29. The predicted octanol–water partition coefficient (Wildman–Crippen LogP) is 13.2. The van der Waals surface area contributed by atoms with Crippen LogP contribution in [0.5, 0.6) is 0 Å². The molecule has 0 bridgehead atoms. The lowest BCUT2D eigenvalue weighted by Crippen LogP contribution is -2.21. The SMILES string of the molecule is CCCCC/C=C\C/C=C\C/C=C\C/C=C\CCCCCCCC(=O)OC(CCCCCCCCCCCCCC)CC(=O)O. The van der Waals surface area contributed by atoms with Crippen molar-refractivity contribution in [1.82, 2.24) is 0 Å². The third kappa shape index (κ3) is 36.2. The normalized spacial score (nSPS) is 12.8. The van der Waals surface area contributed by atoms with Crippen molar-refractivity contribution < 1.29 is 19.4 Å². The summed E-state index contributed by atoms with van der Waals surface area (Å²) in [5.74, 6) is -1.12. The van der Waals surface area contributed by atoms with Crippen LogP contribution in [0.25, 0.3) is 0 Å². The van der Waals surface area contributed by atoms with Crippen molar-refractivity contribution >= 4 is 11.9 Å². The fourth-order valence-corrected chi connectivity index (χ4v) is 5.48. The molecule has 4 nitrogen and oxygen atoms in total. The van der Waals surface area contributed by atoms with Crippen molar-refractivity contribution in [3.63, 3.8) is 0 Å². The number of carbonyl (C=O) groups is 2. The Balaban J connectivity index is 3.72. The molecule has 0 saturated heterocycles. The van der Waals surface area contributed by atoms with Crippen LogP contribution in [0.4, 0.5) is 0 Å². The molecule has 0 aliphatic carbocycles. The van der Waals surface area contributed by atoms with Crippen LogP contribution < -0.4 is 0 Å². The van der Waals surface area contributed by atoms with Crippen LogP contribution in [0.2, 0.25) is 0 Å². The molecule has 0 saturated carbocycles. The van der Waals surface area contributed by atoms with Crippen molar-refractivity contribution in [3.8, 4) is 0 Å².